The highest BCUT2D eigenvalue weighted by Gasteiger charge is 2.30. The zero-order valence-electron chi connectivity index (χ0n) is 20.3. The monoisotopic (exact) mass is 529 g/mol. The number of benzene rings is 3. The van der Waals surface area contributed by atoms with Crippen molar-refractivity contribution in [3.8, 4) is 17.2 Å². The van der Waals surface area contributed by atoms with E-state index >= 15 is 0 Å². The van der Waals surface area contributed by atoms with Crippen molar-refractivity contribution in [2.24, 2.45) is 0 Å². The normalized spacial score (nSPS) is 11.3. The molecule has 0 aliphatic rings. The van der Waals surface area contributed by atoms with Crippen molar-refractivity contribution in [3.63, 3.8) is 0 Å². The van der Waals surface area contributed by atoms with Crippen molar-refractivity contribution in [1.82, 2.24) is 0 Å². The van der Waals surface area contributed by atoms with Gasteiger partial charge in [0.15, 0.2) is 11.5 Å². The van der Waals surface area contributed by atoms with Crippen molar-refractivity contribution in [3.05, 3.63) is 83.4 Å². The summed E-state index contributed by atoms with van der Waals surface area (Å²) in [5.74, 6) is 0.907. The standard InChI is InChI=1S/C27H28ClNO6S/c1-4-18-35-25-16-6-20(19-26(25)33-3)7-17-27(30)29(22-10-12-23(13-11-22)34-5-2)36(31,32)24-14-8-21(28)9-15-24/h6-17,19H,4-5,18H2,1-3H3/b17-7+. The number of rotatable bonds is 11. The molecule has 0 saturated carbocycles. The van der Waals surface area contributed by atoms with E-state index in [2.05, 4.69) is 0 Å². The van der Waals surface area contributed by atoms with Crippen molar-refractivity contribution in [2.75, 3.05) is 24.6 Å². The van der Waals surface area contributed by atoms with Crippen LogP contribution in [0, 0.1) is 0 Å². The first-order valence-corrected chi connectivity index (χ1v) is 13.2. The second-order valence-electron chi connectivity index (χ2n) is 7.58. The molecule has 0 aliphatic carbocycles. The molecule has 9 heteroatoms. The maximum Gasteiger partial charge on any atom is 0.271 e. The predicted octanol–water partition coefficient (Wildman–Crippen LogP) is 5.97. The summed E-state index contributed by atoms with van der Waals surface area (Å²) in [5, 5.41) is 0.383. The number of halogens is 1. The van der Waals surface area contributed by atoms with E-state index in [9.17, 15) is 13.2 Å². The summed E-state index contributed by atoms with van der Waals surface area (Å²) in [4.78, 5) is 13.3. The lowest BCUT2D eigenvalue weighted by Gasteiger charge is -2.21. The number of carbonyl (C=O) groups is 1. The highest BCUT2D eigenvalue weighted by atomic mass is 35.5. The molecule has 3 aromatic rings. The first-order chi connectivity index (χ1) is 17.3. The van der Waals surface area contributed by atoms with Crippen LogP contribution in [0.15, 0.2) is 77.7 Å². The van der Waals surface area contributed by atoms with Crippen LogP contribution in [0.2, 0.25) is 5.02 Å². The first-order valence-electron chi connectivity index (χ1n) is 11.4. The van der Waals surface area contributed by atoms with Crippen LogP contribution in [-0.2, 0) is 14.8 Å². The van der Waals surface area contributed by atoms with Gasteiger partial charge in [-0.1, -0.05) is 24.6 Å². The predicted molar refractivity (Wildman–Crippen MR) is 142 cm³/mol. The van der Waals surface area contributed by atoms with Crippen molar-refractivity contribution < 1.29 is 27.4 Å². The highest BCUT2D eigenvalue weighted by molar-refractivity contribution is 7.93. The third-order valence-electron chi connectivity index (χ3n) is 5.00. The second kappa shape index (κ2) is 12.5. The molecule has 3 aromatic carbocycles. The fraction of sp³-hybridized carbons (Fsp3) is 0.222. The minimum atomic E-state index is -4.24. The van der Waals surface area contributed by atoms with Gasteiger partial charge in [-0.3, -0.25) is 4.79 Å². The zero-order valence-corrected chi connectivity index (χ0v) is 21.9. The lowest BCUT2D eigenvalue weighted by Crippen LogP contribution is -2.35. The largest absolute Gasteiger partial charge is 0.494 e. The number of hydrogen-bond donors (Lipinski definition) is 0. The smallest absolute Gasteiger partial charge is 0.271 e. The maximum atomic E-state index is 13.5. The van der Waals surface area contributed by atoms with Crippen LogP contribution < -0.4 is 18.5 Å². The molecule has 7 nitrogen and oxygen atoms in total. The molecule has 3 rings (SSSR count). The van der Waals surface area contributed by atoms with Gasteiger partial charge in [0.1, 0.15) is 5.75 Å². The summed E-state index contributed by atoms with van der Waals surface area (Å²) in [5.41, 5.74) is 0.809. The Morgan fingerprint density at radius 3 is 2.25 bits per heavy atom. The molecule has 0 fully saturated rings. The minimum absolute atomic E-state index is 0.0679. The second-order valence-corrected chi connectivity index (χ2v) is 9.80. The maximum absolute atomic E-state index is 13.5. The Morgan fingerprint density at radius 1 is 0.944 bits per heavy atom. The van der Waals surface area contributed by atoms with E-state index in [1.165, 1.54) is 55.7 Å². The quantitative estimate of drug-likeness (QED) is 0.284. The molecule has 0 aromatic heterocycles. The Hall–Kier alpha value is -3.49. The van der Waals surface area contributed by atoms with E-state index in [0.29, 0.717) is 41.0 Å². The summed E-state index contributed by atoms with van der Waals surface area (Å²) >= 11 is 5.93. The summed E-state index contributed by atoms with van der Waals surface area (Å²) in [7, 11) is -2.71. The van der Waals surface area contributed by atoms with Gasteiger partial charge < -0.3 is 14.2 Å². The molecule has 0 aliphatic heterocycles. The molecule has 0 saturated heterocycles. The van der Waals surface area contributed by atoms with Crippen LogP contribution >= 0.6 is 11.6 Å². The fourth-order valence-electron chi connectivity index (χ4n) is 3.30. The van der Waals surface area contributed by atoms with Gasteiger partial charge in [-0.05, 0) is 85.6 Å². The van der Waals surface area contributed by atoms with E-state index in [-0.39, 0.29) is 10.6 Å². The van der Waals surface area contributed by atoms with Gasteiger partial charge >= 0.3 is 0 Å². The fourth-order valence-corrected chi connectivity index (χ4v) is 4.81. The third-order valence-corrected chi connectivity index (χ3v) is 6.99. The molecule has 0 heterocycles. The lowest BCUT2D eigenvalue weighted by molar-refractivity contribution is -0.113. The molecule has 0 radical (unpaired) electrons. The number of ether oxygens (including phenoxy) is 3. The summed E-state index contributed by atoms with van der Waals surface area (Å²) in [6, 6.07) is 17.1. The molecule has 0 N–H and O–H groups in total. The Balaban J connectivity index is 1.97. The molecule has 190 valence electrons. The van der Waals surface area contributed by atoms with Crippen LogP contribution in [0.4, 0.5) is 5.69 Å². The Bertz CT molecular complexity index is 1310. The van der Waals surface area contributed by atoms with E-state index < -0.39 is 15.9 Å². The topological polar surface area (TPSA) is 82.1 Å². The van der Waals surface area contributed by atoms with Gasteiger partial charge in [0.25, 0.3) is 15.9 Å². The van der Waals surface area contributed by atoms with Gasteiger partial charge in [0.2, 0.25) is 0 Å². The van der Waals surface area contributed by atoms with Crippen LogP contribution in [0.5, 0.6) is 17.2 Å². The number of hydrogen-bond acceptors (Lipinski definition) is 6. The van der Waals surface area contributed by atoms with E-state index in [1.807, 2.05) is 13.8 Å². The average Bonchev–Trinajstić information content (AvgIpc) is 2.88. The number of nitrogens with zero attached hydrogens (tertiary/aromatic N) is 1. The zero-order chi connectivity index (χ0) is 26.1. The summed E-state index contributed by atoms with van der Waals surface area (Å²) < 4.78 is 44.3. The minimum Gasteiger partial charge on any atom is -0.494 e. The molecule has 0 unspecified atom stereocenters. The Kier molecular flexibility index (Phi) is 9.38. The number of sulfonamides is 1. The SMILES string of the molecule is CCCOc1ccc(/C=C/C(=O)N(c2ccc(OCC)cc2)S(=O)(=O)c2ccc(Cl)cc2)cc1OC. The van der Waals surface area contributed by atoms with Crippen LogP contribution in [0.25, 0.3) is 6.08 Å². The molecule has 36 heavy (non-hydrogen) atoms. The molecule has 0 spiro atoms. The highest BCUT2D eigenvalue weighted by Crippen LogP contribution is 2.30. The molecular weight excluding hydrogens is 502 g/mol. The van der Waals surface area contributed by atoms with E-state index in [4.69, 9.17) is 25.8 Å². The van der Waals surface area contributed by atoms with Crippen molar-refractivity contribution in [1.29, 1.82) is 0 Å². The van der Waals surface area contributed by atoms with Crippen LogP contribution in [0.1, 0.15) is 25.8 Å². The van der Waals surface area contributed by atoms with Crippen LogP contribution in [-0.4, -0.2) is 34.6 Å². The molecule has 0 bridgehead atoms. The summed E-state index contributed by atoms with van der Waals surface area (Å²) in [6.45, 7) is 4.85. The third kappa shape index (κ3) is 6.59. The molecule has 0 atom stereocenters. The molecular formula is C27H28ClNO6S. The number of carbonyl (C=O) groups excluding carboxylic acids is 1. The van der Waals surface area contributed by atoms with Crippen LogP contribution in [0.3, 0.4) is 0 Å². The van der Waals surface area contributed by atoms with Gasteiger partial charge in [0.05, 0.1) is 30.9 Å². The lowest BCUT2D eigenvalue weighted by atomic mass is 10.2. The number of methoxy groups -OCH3 is 1. The average molecular weight is 530 g/mol. The van der Waals surface area contributed by atoms with Crippen molar-refractivity contribution >= 4 is 39.3 Å². The van der Waals surface area contributed by atoms with E-state index in [0.717, 1.165) is 10.7 Å². The number of anilines is 1. The van der Waals surface area contributed by atoms with Gasteiger partial charge in [-0.25, -0.2) is 8.42 Å². The van der Waals surface area contributed by atoms with Gasteiger partial charge in [-0.15, -0.1) is 0 Å². The van der Waals surface area contributed by atoms with Gasteiger partial charge in [-0.2, -0.15) is 4.31 Å². The molecule has 1 amide bonds. The van der Waals surface area contributed by atoms with E-state index in [1.54, 1.807) is 30.3 Å². The van der Waals surface area contributed by atoms with Gasteiger partial charge in [0, 0.05) is 11.1 Å². The van der Waals surface area contributed by atoms with Crippen molar-refractivity contribution in [2.45, 2.75) is 25.2 Å². The Morgan fingerprint density at radius 2 is 1.64 bits per heavy atom. The first kappa shape index (κ1) is 27.1. The summed E-state index contributed by atoms with van der Waals surface area (Å²) in [6.07, 6.45) is 3.57. The number of amides is 1. The Labute approximate surface area is 216 Å².